The first kappa shape index (κ1) is 15.4. The highest BCUT2D eigenvalue weighted by Crippen LogP contribution is 2.19. The highest BCUT2D eigenvalue weighted by atomic mass is 16.6. The van der Waals surface area contributed by atoms with E-state index in [0.29, 0.717) is 24.7 Å². The summed E-state index contributed by atoms with van der Waals surface area (Å²) < 4.78 is 11.2. The summed E-state index contributed by atoms with van der Waals surface area (Å²) in [7, 11) is 0. The molecule has 6 nitrogen and oxygen atoms in total. The normalized spacial score (nSPS) is 19.2. The molecule has 1 aliphatic heterocycles. The molecule has 1 aromatic heterocycles. The van der Waals surface area contributed by atoms with Crippen molar-refractivity contribution >= 4 is 11.8 Å². The smallest absolute Gasteiger partial charge is 0.410 e. The average molecular weight is 293 g/mol. The van der Waals surface area contributed by atoms with E-state index in [1.165, 1.54) is 0 Å². The summed E-state index contributed by atoms with van der Waals surface area (Å²) in [6.07, 6.45) is 2.98. The maximum atomic E-state index is 12.1. The van der Waals surface area contributed by atoms with Gasteiger partial charge in [-0.05, 0) is 39.7 Å². The Balaban J connectivity index is 1.91. The molecule has 1 aliphatic rings. The predicted octanol–water partition coefficient (Wildman–Crippen LogP) is 2.44. The van der Waals surface area contributed by atoms with Crippen molar-refractivity contribution in [2.75, 3.05) is 18.8 Å². The molecule has 1 saturated heterocycles. The van der Waals surface area contributed by atoms with Crippen LogP contribution in [0.1, 0.15) is 33.6 Å². The van der Waals surface area contributed by atoms with Gasteiger partial charge in [-0.1, -0.05) is 0 Å². The van der Waals surface area contributed by atoms with Gasteiger partial charge in [-0.2, -0.15) is 0 Å². The van der Waals surface area contributed by atoms with E-state index in [9.17, 15) is 4.79 Å². The number of nitrogens with zero attached hydrogens (tertiary/aromatic N) is 2. The van der Waals surface area contributed by atoms with E-state index in [-0.39, 0.29) is 12.2 Å². The summed E-state index contributed by atoms with van der Waals surface area (Å²) in [6, 6.07) is 3.48. The van der Waals surface area contributed by atoms with Gasteiger partial charge in [-0.15, -0.1) is 0 Å². The lowest BCUT2D eigenvalue weighted by molar-refractivity contribution is 0.00723. The molecule has 1 aromatic rings. The number of carbonyl (C=O) groups excluding carboxylic acids is 1. The molecule has 116 valence electrons. The zero-order chi connectivity index (χ0) is 15.5. The molecular weight excluding hydrogens is 270 g/mol. The van der Waals surface area contributed by atoms with Crippen molar-refractivity contribution in [2.24, 2.45) is 0 Å². The number of amides is 1. The molecule has 1 atom stereocenters. The average Bonchev–Trinajstić information content (AvgIpc) is 2.40. The van der Waals surface area contributed by atoms with Crippen molar-refractivity contribution in [3.05, 3.63) is 18.3 Å². The summed E-state index contributed by atoms with van der Waals surface area (Å²) in [5, 5.41) is 0. The third kappa shape index (κ3) is 4.81. The number of hydrogen-bond donors (Lipinski definition) is 1. The molecule has 0 bridgehead atoms. The maximum Gasteiger partial charge on any atom is 0.410 e. The van der Waals surface area contributed by atoms with Gasteiger partial charge < -0.3 is 20.1 Å². The van der Waals surface area contributed by atoms with Crippen LogP contribution < -0.4 is 10.5 Å². The maximum absolute atomic E-state index is 12.1. The van der Waals surface area contributed by atoms with Crippen LogP contribution in [0.5, 0.6) is 5.88 Å². The Morgan fingerprint density at radius 1 is 1.43 bits per heavy atom. The molecule has 2 rings (SSSR count). The number of anilines is 1. The Labute approximate surface area is 125 Å². The Hall–Kier alpha value is -1.98. The second kappa shape index (κ2) is 6.20. The first-order chi connectivity index (χ1) is 9.83. The summed E-state index contributed by atoms with van der Waals surface area (Å²) in [4.78, 5) is 17.9. The van der Waals surface area contributed by atoms with Crippen molar-refractivity contribution in [1.82, 2.24) is 9.88 Å². The molecule has 6 heteroatoms. The number of carbonyl (C=O) groups is 1. The molecular formula is C15H23N3O3. The third-order valence-corrected chi connectivity index (χ3v) is 3.08. The standard InChI is InChI=1S/C15H23N3O3/c1-15(2,3)21-14(19)18-8-4-5-12(10-18)20-13-7-6-11(16)9-17-13/h6-7,9,12H,4-5,8,10,16H2,1-3H3/t12-/m0/s1. The highest BCUT2D eigenvalue weighted by Gasteiger charge is 2.28. The first-order valence-corrected chi connectivity index (χ1v) is 7.19. The van der Waals surface area contributed by atoms with E-state index in [1.807, 2.05) is 20.8 Å². The Morgan fingerprint density at radius 2 is 2.19 bits per heavy atom. The number of pyridine rings is 1. The predicted molar refractivity (Wildman–Crippen MR) is 80.1 cm³/mol. The number of nitrogen functional groups attached to an aromatic ring is 1. The van der Waals surface area contributed by atoms with E-state index >= 15 is 0 Å². The van der Waals surface area contributed by atoms with Gasteiger partial charge in [0.05, 0.1) is 18.4 Å². The van der Waals surface area contributed by atoms with Gasteiger partial charge in [0.25, 0.3) is 0 Å². The fourth-order valence-corrected chi connectivity index (χ4v) is 2.16. The quantitative estimate of drug-likeness (QED) is 0.906. The lowest BCUT2D eigenvalue weighted by Crippen LogP contribution is -2.46. The van der Waals surface area contributed by atoms with E-state index in [0.717, 1.165) is 12.8 Å². The minimum absolute atomic E-state index is 0.0672. The minimum Gasteiger partial charge on any atom is -0.472 e. The first-order valence-electron chi connectivity index (χ1n) is 7.19. The van der Waals surface area contributed by atoms with Crippen LogP contribution in [0, 0.1) is 0 Å². The second-order valence-electron chi connectivity index (χ2n) is 6.24. The van der Waals surface area contributed by atoms with Crippen LogP contribution >= 0.6 is 0 Å². The molecule has 2 heterocycles. The monoisotopic (exact) mass is 293 g/mol. The number of likely N-dealkylation sites (tertiary alicyclic amines) is 1. The van der Waals surface area contributed by atoms with Crippen molar-refractivity contribution in [3.8, 4) is 5.88 Å². The molecule has 0 aliphatic carbocycles. The molecule has 0 spiro atoms. The summed E-state index contributed by atoms with van der Waals surface area (Å²) in [6.45, 7) is 6.80. The number of ether oxygens (including phenoxy) is 2. The number of piperidine rings is 1. The zero-order valence-corrected chi connectivity index (χ0v) is 12.8. The van der Waals surface area contributed by atoms with Crippen molar-refractivity contribution in [2.45, 2.75) is 45.3 Å². The van der Waals surface area contributed by atoms with E-state index in [1.54, 1.807) is 23.2 Å². The zero-order valence-electron chi connectivity index (χ0n) is 12.8. The van der Waals surface area contributed by atoms with Gasteiger partial charge in [0, 0.05) is 12.6 Å². The molecule has 0 saturated carbocycles. The molecule has 0 aromatic carbocycles. The SMILES string of the molecule is CC(C)(C)OC(=O)N1CCC[C@H](Oc2ccc(N)cn2)C1. The van der Waals surface area contributed by atoms with Gasteiger partial charge >= 0.3 is 6.09 Å². The highest BCUT2D eigenvalue weighted by molar-refractivity contribution is 5.68. The Morgan fingerprint density at radius 3 is 2.81 bits per heavy atom. The summed E-state index contributed by atoms with van der Waals surface area (Å²) >= 11 is 0. The van der Waals surface area contributed by atoms with Crippen LogP contribution in [-0.2, 0) is 4.74 Å². The molecule has 2 N–H and O–H groups in total. The number of hydrogen-bond acceptors (Lipinski definition) is 5. The van der Waals surface area contributed by atoms with Crippen LogP contribution in [0.15, 0.2) is 18.3 Å². The summed E-state index contributed by atoms with van der Waals surface area (Å²) in [5.74, 6) is 0.528. The Bertz CT molecular complexity index is 482. The number of nitrogens with two attached hydrogens (primary N) is 1. The third-order valence-electron chi connectivity index (χ3n) is 3.08. The lowest BCUT2D eigenvalue weighted by Gasteiger charge is -2.33. The van der Waals surface area contributed by atoms with Gasteiger partial charge in [0.1, 0.15) is 11.7 Å². The second-order valence-corrected chi connectivity index (χ2v) is 6.24. The largest absolute Gasteiger partial charge is 0.472 e. The van der Waals surface area contributed by atoms with Crippen LogP contribution in [0.2, 0.25) is 0 Å². The fraction of sp³-hybridized carbons (Fsp3) is 0.600. The van der Waals surface area contributed by atoms with E-state index in [4.69, 9.17) is 15.2 Å². The fourth-order valence-electron chi connectivity index (χ4n) is 2.16. The van der Waals surface area contributed by atoms with Crippen molar-refractivity contribution in [1.29, 1.82) is 0 Å². The molecule has 1 amide bonds. The van der Waals surface area contributed by atoms with Crippen LogP contribution in [0.4, 0.5) is 10.5 Å². The van der Waals surface area contributed by atoms with Crippen LogP contribution in [0.25, 0.3) is 0 Å². The summed E-state index contributed by atoms with van der Waals surface area (Å²) in [5.41, 5.74) is 5.71. The van der Waals surface area contributed by atoms with E-state index in [2.05, 4.69) is 4.98 Å². The number of rotatable bonds is 2. The van der Waals surface area contributed by atoms with Gasteiger partial charge in [0.15, 0.2) is 0 Å². The molecule has 21 heavy (non-hydrogen) atoms. The van der Waals surface area contributed by atoms with Crippen LogP contribution in [0.3, 0.4) is 0 Å². The molecule has 1 fully saturated rings. The van der Waals surface area contributed by atoms with Crippen molar-refractivity contribution in [3.63, 3.8) is 0 Å². The van der Waals surface area contributed by atoms with Crippen LogP contribution in [-0.4, -0.2) is 40.8 Å². The van der Waals surface area contributed by atoms with E-state index < -0.39 is 5.60 Å². The van der Waals surface area contributed by atoms with Gasteiger partial charge in [-0.3, -0.25) is 0 Å². The number of aromatic nitrogens is 1. The van der Waals surface area contributed by atoms with Gasteiger partial charge in [0.2, 0.25) is 5.88 Å². The van der Waals surface area contributed by atoms with Crippen molar-refractivity contribution < 1.29 is 14.3 Å². The van der Waals surface area contributed by atoms with Gasteiger partial charge in [-0.25, -0.2) is 9.78 Å². The lowest BCUT2D eigenvalue weighted by atomic mass is 10.1. The topological polar surface area (TPSA) is 77.7 Å². The minimum atomic E-state index is -0.483. The molecule has 0 radical (unpaired) electrons. The Kier molecular flexibility index (Phi) is 4.55. The molecule has 0 unspecified atom stereocenters.